The fourth-order valence-electron chi connectivity index (χ4n) is 1.46. The van der Waals surface area contributed by atoms with Gasteiger partial charge in [-0.05, 0) is 12.5 Å². The minimum absolute atomic E-state index is 0.238. The summed E-state index contributed by atoms with van der Waals surface area (Å²) in [6.45, 7) is -0.238. The molecule has 0 bridgehead atoms. The van der Waals surface area contributed by atoms with Gasteiger partial charge in [-0.1, -0.05) is 0 Å². The molecule has 0 radical (unpaired) electrons. The highest BCUT2D eigenvalue weighted by atomic mass is 19.1. The van der Waals surface area contributed by atoms with E-state index in [0.29, 0.717) is 6.42 Å². The van der Waals surface area contributed by atoms with E-state index in [4.69, 9.17) is 10.2 Å². The van der Waals surface area contributed by atoms with E-state index in [-0.39, 0.29) is 24.9 Å². The first kappa shape index (κ1) is 9.98. The Hall–Kier alpha value is -1.10. The molecule has 0 heterocycles. The van der Waals surface area contributed by atoms with Gasteiger partial charge in [0.15, 0.2) is 0 Å². The zero-order chi connectivity index (χ0) is 9.84. The summed E-state index contributed by atoms with van der Waals surface area (Å²) in [5.74, 6) is -0.715. The number of carbonyl (C=O) groups is 1. The van der Waals surface area contributed by atoms with E-state index >= 15 is 0 Å². The maximum absolute atomic E-state index is 12.7. The van der Waals surface area contributed by atoms with Crippen LogP contribution in [-0.4, -0.2) is 29.0 Å². The predicted molar refractivity (Wildman–Crippen MR) is 43.9 cm³/mol. The van der Waals surface area contributed by atoms with Crippen LogP contribution < -0.4 is 5.32 Å². The third-order valence-corrected chi connectivity index (χ3v) is 2.13. The summed E-state index contributed by atoms with van der Waals surface area (Å²) in [5.41, 5.74) is 0. The van der Waals surface area contributed by atoms with Gasteiger partial charge in [0.05, 0.1) is 12.4 Å². The number of aliphatic hydroxyl groups excluding tert-OH is 1. The van der Waals surface area contributed by atoms with Crippen molar-refractivity contribution in [1.29, 1.82) is 0 Å². The Morgan fingerprint density at radius 2 is 2.46 bits per heavy atom. The number of aliphatic hydroxyl groups is 1. The van der Waals surface area contributed by atoms with Gasteiger partial charge in [0.2, 0.25) is 0 Å². The molecule has 3 N–H and O–H groups in total. The molecule has 0 unspecified atom stereocenters. The average molecular weight is 189 g/mol. The Bertz CT molecular complexity index is 229. The molecule has 0 aromatic carbocycles. The fourth-order valence-corrected chi connectivity index (χ4v) is 1.46. The lowest BCUT2D eigenvalue weighted by molar-refractivity contribution is 0.169. The Kier molecular flexibility index (Phi) is 3.25. The van der Waals surface area contributed by atoms with Crippen LogP contribution in [0, 0.1) is 5.92 Å². The molecule has 0 saturated carbocycles. The van der Waals surface area contributed by atoms with Crippen LogP contribution in [-0.2, 0) is 0 Å². The number of rotatable bonds is 2. The van der Waals surface area contributed by atoms with Crippen LogP contribution in [0.2, 0.25) is 0 Å². The third kappa shape index (κ3) is 2.69. The second-order valence-electron chi connectivity index (χ2n) is 3.05. The first-order valence-electron chi connectivity index (χ1n) is 4.10. The minimum Gasteiger partial charge on any atom is -0.465 e. The summed E-state index contributed by atoms with van der Waals surface area (Å²) in [4.78, 5) is 10.3. The number of hydrogen-bond donors (Lipinski definition) is 3. The average Bonchev–Trinajstić information content (AvgIpc) is 2.07. The fraction of sp³-hybridized carbons (Fsp3) is 0.625. The van der Waals surface area contributed by atoms with E-state index in [1.54, 1.807) is 0 Å². The van der Waals surface area contributed by atoms with Crippen molar-refractivity contribution in [1.82, 2.24) is 5.32 Å². The smallest absolute Gasteiger partial charge is 0.404 e. The molecule has 0 aliphatic heterocycles. The van der Waals surface area contributed by atoms with E-state index in [2.05, 4.69) is 5.32 Å². The first-order valence-corrected chi connectivity index (χ1v) is 4.10. The zero-order valence-corrected chi connectivity index (χ0v) is 7.03. The van der Waals surface area contributed by atoms with Crippen LogP contribution in [0.5, 0.6) is 0 Å². The summed E-state index contributed by atoms with van der Waals surface area (Å²) in [7, 11) is 0. The summed E-state index contributed by atoms with van der Waals surface area (Å²) in [5, 5.41) is 19.5. The van der Waals surface area contributed by atoms with Crippen molar-refractivity contribution in [2.45, 2.75) is 18.9 Å². The summed E-state index contributed by atoms with van der Waals surface area (Å²) >= 11 is 0. The maximum Gasteiger partial charge on any atom is 0.404 e. The lowest BCUT2D eigenvalue weighted by Gasteiger charge is -2.26. The lowest BCUT2D eigenvalue weighted by Crippen LogP contribution is -2.41. The first-order chi connectivity index (χ1) is 6.13. The molecule has 5 heteroatoms. The molecule has 0 saturated heterocycles. The Labute approximate surface area is 75.1 Å². The molecular formula is C8H12FNO3. The van der Waals surface area contributed by atoms with Gasteiger partial charge in [-0.25, -0.2) is 9.18 Å². The van der Waals surface area contributed by atoms with Gasteiger partial charge in [0.25, 0.3) is 0 Å². The molecule has 4 nitrogen and oxygen atoms in total. The highest BCUT2D eigenvalue weighted by Crippen LogP contribution is 2.23. The van der Waals surface area contributed by atoms with Crippen LogP contribution >= 0.6 is 0 Å². The molecule has 1 aliphatic carbocycles. The summed E-state index contributed by atoms with van der Waals surface area (Å²) in [6, 6.07) is -0.373. The van der Waals surface area contributed by atoms with E-state index in [1.807, 2.05) is 0 Å². The van der Waals surface area contributed by atoms with Crippen molar-refractivity contribution in [2.24, 2.45) is 5.92 Å². The zero-order valence-electron chi connectivity index (χ0n) is 7.03. The van der Waals surface area contributed by atoms with Crippen molar-refractivity contribution in [3.63, 3.8) is 0 Å². The van der Waals surface area contributed by atoms with Gasteiger partial charge in [-0.2, -0.15) is 0 Å². The minimum atomic E-state index is -1.14. The van der Waals surface area contributed by atoms with Crippen molar-refractivity contribution in [3.05, 3.63) is 11.9 Å². The largest absolute Gasteiger partial charge is 0.465 e. The van der Waals surface area contributed by atoms with Crippen molar-refractivity contribution in [2.75, 3.05) is 6.61 Å². The highest BCUT2D eigenvalue weighted by molar-refractivity contribution is 5.65. The predicted octanol–water partition coefficient (Wildman–Crippen LogP) is 0.878. The molecule has 1 aliphatic rings. The Balaban J connectivity index is 2.60. The van der Waals surface area contributed by atoms with Crippen LogP contribution in [0.3, 0.4) is 0 Å². The van der Waals surface area contributed by atoms with Crippen LogP contribution in [0.1, 0.15) is 12.8 Å². The quantitative estimate of drug-likeness (QED) is 0.603. The van der Waals surface area contributed by atoms with Crippen molar-refractivity contribution >= 4 is 6.09 Å². The number of carboxylic acid groups (broad SMARTS) is 1. The summed E-state index contributed by atoms with van der Waals surface area (Å²) in [6.07, 6.45) is 0.782. The molecule has 0 aromatic rings. The monoisotopic (exact) mass is 189 g/mol. The maximum atomic E-state index is 12.7. The van der Waals surface area contributed by atoms with Crippen molar-refractivity contribution < 1.29 is 19.4 Å². The molecule has 1 amide bonds. The molecular weight excluding hydrogens is 177 g/mol. The van der Waals surface area contributed by atoms with Gasteiger partial charge in [0.1, 0.15) is 0 Å². The van der Waals surface area contributed by atoms with Crippen LogP contribution in [0.4, 0.5) is 9.18 Å². The van der Waals surface area contributed by atoms with Crippen molar-refractivity contribution in [3.8, 4) is 0 Å². The highest BCUT2D eigenvalue weighted by Gasteiger charge is 2.25. The third-order valence-electron chi connectivity index (χ3n) is 2.13. The van der Waals surface area contributed by atoms with E-state index < -0.39 is 12.0 Å². The topological polar surface area (TPSA) is 69.6 Å². The summed E-state index contributed by atoms with van der Waals surface area (Å²) < 4.78 is 12.7. The molecule has 1 rings (SSSR count). The van der Waals surface area contributed by atoms with E-state index in [1.165, 1.54) is 6.08 Å². The second-order valence-corrected chi connectivity index (χ2v) is 3.05. The van der Waals surface area contributed by atoms with Gasteiger partial charge < -0.3 is 15.5 Å². The Morgan fingerprint density at radius 1 is 1.77 bits per heavy atom. The Morgan fingerprint density at radius 3 is 3.00 bits per heavy atom. The SMILES string of the molecule is O=C(O)N[C@H]1CCC(F)=C[C@@H]1CO. The van der Waals surface area contributed by atoms with Gasteiger partial charge in [-0.3, -0.25) is 0 Å². The number of halogens is 1. The molecule has 13 heavy (non-hydrogen) atoms. The number of hydrogen-bond acceptors (Lipinski definition) is 2. The van der Waals surface area contributed by atoms with E-state index in [9.17, 15) is 9.18 Å². The van der Waals surface area contributed by atoms with Gasteiger partial charge in [0, 0.05) is 18.4 Å². The number of amides is 1. The molecule has 74 valence electrons. The normalized spacial score (nSPS) is 28.0. The van der Waals surface area contributed by atoms with Crippen LogP contribution in [0.25, 0.3) is 0 Å². The number of allylic oxidation sites excluding steroid dienone is 1. The van der Waals surface area contributed by atoms with Crippen LogP contribution in [0.15, 0.2) is 11.9 Å². The van der Waals surface area contributed by atoms with Gasteiger partial charge >= 0.3 is 6.09 Å². The molecule has 0 aromatic heterocycles. The molecule has 2 atom stereocenters. The van der Waals surface area contributed by atoms with E-state index in [0.717, 1.165) is 0 Å². The second kappa shape index (κ2) is 4.23. The lowest BCUT2D eigenvalue weighted by atomic mass is 9.90. The standard InChI is InChI=1S/C8H12FNO3/c9-6-1-2-7(10-8(12)13)5(3-6)4-11/h3,5,7,10-11H,1-2,4H2,(H,12,13)/t5-,7+/m1/s1. The molecule has 0 spiro atoms. The van der Waals surface area contributed by atoms with Gasteiger partial charge in [-0.15, -0.1) is 0 Å². The number of nitrogens with one attached hydrogen (secondary N) is 1. The molecule has 0 fully saturated rings.